The first kappa shape index (κ1) is 13.6. The fraction of sp³-hybridized carbons (Fsp3) is 0.176. The molecule has 23 heavy (non-hydrogen) atoms. The van der Waals surface area contributed by atoms with Crippen LogP contribution in [0.1, 0.15) is 55.5 Å². The summed E-state index contributed by atoms with van der Waals surface area (Å²) < 4.78 is 0. The van der Waals surface area contributed by atoms with Crippen LogP contribution < -0.4 is 0 Å². The Morgan fingerprint density at radius 1 is 1.04 bits per heavy atom. The quantitative estimate of drug-likeness (QED) is 0.813. The molecule has 1 fully saturated rings. The lowest BCUT2D eigenvalue weighted by Gasteiger charge is -2.12. The normalized spacial score (nSPS) is 16.4. The SMILES string of the molecule is O=C(ON1C(=O)c2ccccc2C1=O)c1ccc(C2CC2)cn1. The summed E-state index contributed by atoms with van der Waals surface area (Å²) in [6, 6.07) is 9.71. The number of carbonyl (C=O) groups is 3. The van der Waals surface area contributed by atoms with Gasteiger partial charge in [0.05, 0.1) is 11.1 Å². The summed E-state index contributed by atoms with van der Waals surface area (Å²) in [6.07, 6.45) is 3.91. The van der Waals surface area contributed by atoms with Crippen molar-refractivity contribution in [3.63, 3.8) is 0 Å². The van der Waals surface area contributed by atoms with Crippen LogP contribution in [0.3, 0.4) is 0 Å². The fourth-order valence-electron chi connectivity index (χ4n) is 2.56. The molecule has 0 radical (unpaired) electrons. The number of nitrogens with zero attached hydrogens (tertiary/aromatic N) is 2. The number of hydrogen-bond donors (Lipinski definition) is 0. The van der Waals surface area contributed by atoms with Crippen molar-refractivity contribution in [1.82, 2.24) is 10.0 Å². The van der Waals surface area contributed by atoms with Gasteiger partial charge in [-0.05, 0) is 42.5 Å². The number of amides is 2. The van der Waals surface area contributed by atoms with Crippen molar-refractivity contribution in [2.45, 2.75) is 18.8 Å². The van der Waals surface area contributed by atoms with Gasteiger partial charge in [0.25, 0.3) is 11.8 Å². The number of hydroxylamine groups is 2. The summed E-state index contributed by atoms with van der Waals surface area (Å²) in [5.74, 6) is -1.59. The van der Waals surface area contributed by atoms with E-state index in [0.29, 0.717) is 11.0 Å². The van der Waals surface area contributed by atoms with E-state index in [2.05, 4.69) is 4.98 Å². The van der Waals surface area contributed by atoms with Gasteiger partial charge in [0, 0.05) is 6.20 Å². The van der Waals surface area contributed by atoms with Gasteiger partial charge in [0.15, 0.2) is 5.69 Å². The van der Waals surface area contributed by atoms with Gasteiger partial charge in [-0.15, -0.1) is 0 Å². The lowest BCUT2D eigenvalue weighted by atomic mass is 10.1. The lowest BCUT2D eigenvalue weighted by Crippen LogP contribution is -2.32. The van der Waals surface area contributed by atoms with Gasteiger partial charge in [-0.1, -0.05) is 23.3 Å². The number of carbonyl (C=O) groups excluding carboxylic acids is 3. The Hall–Kier alpha value is -3.02. The smallest absolute Gasteiger partial charge is 0.323 e. The van der Waals surface area contributed by atoms with Crippen LogP contribution in [0, 0.1) is 0 Å². The van der Waals surface area contributed by atoms with Crippen molar-refractivity contribution in [3.05, 3.63) is 65.0 Å². The van der Waals surface area contributed by atoms with Gasteiger partial charge < -0.3 is 4.84 Å². The summed E-state index contributed by atoms with van der Waals surface area (Å²) in [7, 11) is 0. The lowest BCUT2D eigenvalue weighted by molar-refractivity contribution is -0.0588. The molecule has 2 amide bonds. The molecule has 2 aliphatic rings. The molecule has 0 bridgehead atoms. The van der Waals surface area contributed by atoms with E-state index in [1.54, 1.807) is 24.4 Å². The van der Waals surface area contributed by atoms with E-state index in [1.165, 1.54) is 12.1 Å². The van der Waals surface area contributed by atoms with Crippen LogP contribution in [0.2, 0.25) is 0 Å². The van der Waals surface area contributed by atoms with Crippen LogP contribution >= 0.6 is 0 Å². The Morgan fingerprint density at radius 2 is 1.70 bits per heavy atom. The highest BCUT2D eigenvalue weighted by Crippen LogP contribution is 2.39. The molecule has 6 nitrogen and oxygen atoms in total. The molecular weight excluding hydrogens is 296 g/mol. The third kappa shape index (κ3) is 2.28. The second-order valence-electron chi connectivity index (χ2n) is 5.58. The third-order valence-electron chi connectivity index (χ3n) is 3.98. The maximum atomic E-state index is 12.1. The van der Waals surface area contributed by atoms with Gasteiger partial charge in [0.1, 0.15) is 0 Å². The van der Waals surface area contributed by atoms with Crippen LogP contribution in [0.5, 0.6) is 0 Å². The Morgan fingerprint density at radius 3 is 2.22 bits per heavy atom. The van der Waals surface area contributed by atoms with Gasteiger partial charge in [-0.25, -0.2) is 9.78 Å². The minimum atomic E-state index is -0.832. The highest BCUT2D eigenvalue weighted by molar-refractivity contribution is 6.21. The topological polar surface area (TPSA) is 76.6 Å². The molecule has 1 aliphatic heterocycles. The minimum Gasteiger partial charge on any atom is -0.323 e. The van der Waals surface area contributed by atoms with Crippen LogP contribution in [0.25, 0.3) is 0 Å². The summed E-state index contributed by atoms with van der Waals surface area (Å²) in [5.41, 5.74) is 1.60. The maximum absolute atomic E-state index is 12.1. The highest BCUT2D eigenvalue weighted by atomic mass is 16.7. The molecular formula is C17H12N2O4. The zero-order valence-electron chi connectivity index (χ0n) is 12.1. The van der Waals surface area contributed by atoms with E-state index in [9.17, 15) is 14.4 Å². The average molecular weight is 308 g/mol. The second kappa shape index (κ2) is 5.01. The number of pyridine rings is 1. The van der Waals surface area contributed by atoms with E-state index >= 15 is 0 Å². The summed E-state index contributed by atoms with van der Waals surface area (Å²) in [6.45, 7) is 0. The minimum absolute atomic E-state index is 0.0611. The first-order valence-electron chi connectivity index (χ1n) is 7.31. The second-order valence-corrected chi connectivity index (χ2v) is 5.58. The maximum Gasteiger partial charge on any atom is 0.382 e. The molecule has 0 atom stereocenters. The van der Waals surface area contributed by atoms with Crippen LogP contribution in [-0.2, 0) is 4.84 Å². The van der Waals surface area contributed by atoms with Gasteiger partial charge in [-0.3, -0.25) is 9.59 Å². The Kier molecular flexibility index (Phi) is 2.97. The molecule has 0 saturated heterocycles. The molecule has 1 aromatic heterocycles. The highest BCUT2D eigenvalue weighted by Gasteiger charge is 2.39. The number of benzene rings is 1. The molecule has 4 rings (SSSR count). The molecule has 114 valence electrons. The number of fused-ring (bicyclic) bond motifs is 1. The van der Waals surface area contributed by atoms with Crippen molar-refractivity contribution >= 4 is 17.8 Å². The zero-order valence-corrected chi connectivity index (χ0v) is 12.1. The molecule has 0 spiro atoms. The average Bonchev–Trinajstić information content (AvgIpc) is 3.40. The number of imide groups is 1. The van der Waals surface area contributed by atoms with Crippen molar-refractivity contribution in [1.29, 1.82) is 0 Å². The van der Waals surface area contributed by atoms with Gasteiger partial charge in [0.2, 0.25) is 0 Å². The predicted octanol–water partition coefficient (Wildman–Crippen LogP) is 2.33. The predicted molar refractivity (Wildman–Crippen MR) is 78.6 cm³/mol. The first-order valence-corrected chi connectivity index (χ1v) is 7.31. The van der Waals surface area contributed by atoms with Crippen molar-refractivity contribution < 1.29 is 19.2 Å². The van der Waals surface area contributed by atoms with Crippen molar-refractivity contribution in [2.24, 2.45) is 0 Å². The first-order chi connectivity index (χ1) is 11.1. The molecule has 2 heterocycles. The Labute approximate surface area is 131 Å². The molecule has 1 aliphatic carbocycles. The van der Waals surface area contributed by atoms with Crippen molar-refractivity contribution in [3.8, 4) is 0 Å². The molecule has 1 aromatic carbocycles. The van der Waals surface area contributed by atoms with Crippen LogP contribution in [0.15, 0.2) is 42.6 Å². The van der Waals surface area contributed by atoms with E-state index in [1.807, 2.05) is 6.07 Å². The molecule has 2 aromatic rings. The summed E-state index contributed by atoms with van der Waals surface area (Å²) in [4.78, 5) is 45.4. The Bertz CT molecular complexity index is 790. The van der Waals surface area contributed by atoms with Crippen molar-refractivity contribution in [2.75, 3.05) is 0 Å². The number of rotatable bonds is 3. The molecule has 1 saturated carbocycles. The van der Waals surface area contributed by atoms with Gasteiger partial charge >= 0.3 is 5.97 Å². The van der Waals surface area contributed by atoms with E-state index in [-0.39, 0.29) is 16.8 Å². The summed E-state index contributed by atoms with van der Waals surface area (Å²) >= 11 is 0. The molecule has 0 unspecified atom stereocenters. The van der Waals surface area contributed by atoms with Gasteiger partial charge in [-0.2, -0.15) is 0 Å². The molecule has 0 N–H and O–H groups in total. The van der Waals surface area contributed by atoms with E-state index in [4.69, 9.17) is 4.84 Å². The number of hydrogen-bond acceptors (Lipinski definition) is 5. The Balaban J connectivity index is 1.53. The summed E-state index contributed by atoms with van der Waals surface area (Å²) in [5, 5.41) is 0.490. The van der Waals surface area contributed by atoms with E-state index < -0.39 is 17.8 Å². The number of aromatic nitrogens is 1. The van der Waals surface area contributed by atoms with E-state index in [0.717, 1.165) is 18.4 Å². The fourth-order valence-corrected chi connectivity index (χ4v) is 2.56. The monoisotopic (exact) mass is 308 g/mol. The zero-order chi connectivity index (χ0) is 16.0. The largest absolute Gasteiger partial charge is 0.382 e. The standard InChI is InChI=1S/C17H12N2O4/c20-15-12-3-1-2-4-13(12)16(21)19(15)23-17(22)14-8-7-11(9-18-14)10-5-6-10/h1-4,7-10H,5-6H2. The molecule has 6 heteroatoms. The van der Waals surface area contributed by atoms with Crippen LogP contribution in [0.4, 0.5) is 0 Å². The third-order valence-corrected chi connectivity index (χ3v) is 3.98. The van der Waals surface area contributed by atoms with Crippen LogP contribution in [-0.4, -0.2) is 27.8 Å².